The van der Waals surface area contributed by atoms with E-state index >= 15 is 0 Å². The minimum absolute atomic E-state index is 0.360. The van der Waals surface area contributed by atoms with Gasteiger partial charge in [0.25, 0.3) is 0 Å². The van der Waals surface area contributed by atoms with Crippen molar-refractivity contribution in [3.63, 3.8) is 0 Å². The van der Waals surface area contributed by atoms with Gasteiger partial charge in [0.2, 0.25) is 0 Å². The van der Waals surface area contributed by atoms with Crippen LogP contribution in [0.2, 0.25) is 0 Å². The lowest BCUT2D eigenvalue weighted by Gasteiger charge is -2.18. The van der Waals surface area contributed by atoms with E-state index in [-0.39, 0.29) is 0 Å². The molecule has 0 bridgehead atoms. The molecule has 0 aliphatic carbocycles. The standard InChI is InChI=1S/C14H22N2O/c1-3-11-8-14(17-2)5-4-12(11)9-16-7-6-13(15)10-16/h4-5,8,13H,3,6-7,9-10,15H2,1-2H3/t13-/m0/s1. The molecule has 0 radical (unpaired) electrons. The Balaban J connectivity index is 2.09. The molecule has 1 fully saturated rings. The number of aryl methyl sites for hydroxylation is 1. The number of ether oxygens (including phenoxy) is 1. The smallest absolute Gasteiger partial charge is 0.119 e. The van der Waals surface area contributed by atoms with E-state index in [0.717, 1.165) is 38.2 Å². The Kier molecular flexibility index (Phi) is 4.02. The molecule has 0 aromatic heterocycles. The predicted octanol–water partition coefficient (Wildman–Crippen LogP) is 1.79. The fraction of sp³-hybridized carbons (Fsp3) is 0.571. The Morgan fingerprint density at radius 2 is 2.24 bits per heavy atom. The summed E-state index contributed by atoms with van der Waals surface area (Å²) in [5.41, 5.74) is 8.72. The average Bonchev–Trinajstić information content (AvgIpc) is 2.75. The normalized spacial score (nSPS) is 20.8. The van der Waals surface area contributed by atoms with Crippen LogP contribution in [0.25, 0.3) is 0 Å². The van der Waals surface area contributed by atoms with Crippen LogP contribution in [0, 0.1) is 0 Å². The van der Waals surface area contributed by atoms with Gasteiger partial charge in [-0.1, -0.05) is 13.0 Å². The fourth-order valence-corrected chi connectivity index (χ4v) is 2.46. The molecule has 2 rings (SSSR count). The minimum Gasteiger partial charge on any atom is -0.497 e. The van der Waals surface area contributed by atoms with Gasteiger partial charge in [-0.3, -0.25) is 4.90 Å². The zero-order valence-corrected chi connectivity index (χ0v) is 10.8. The van der Waals surface area contributed by atoms with Crippen LogP contribution in [0.3, 0.4) is 0 Å². The van der Waals surface area contributed by atoms with Crippen molar-refractivity contribution in [1.82, 2.24) is 4.90 Å². The summed E-state index contributed by atoms with van der Waals surface area (Å²) in [5, 5.41) is 0. The molecule has 94 valence electrons. The molecule has 1 aliphatic heterocycles. The third kappa shape index (κ3) is 2.99. The van der Waals surface area contributed by atoms with Crippen molar-refractivity contribution >= 4 is 0 Å². The highest BCUT2D eigenvalue weighted by Crippen LogP contribution is 2.21. The fourth-order valence-electron chi connectivity index (χ4n) is 2.46. The summed E-state index contributed by atoms with van der Waals surface area (Å²) >= 11 is 0. The molecule has 2 N–H and O–H groups in total. The third-order valence-electron chi connectivity index (χ3n) is 3.50. The van der Waals surface area contributed by atoms with E-state index in [1.807, 2.05) is 6.07 Å². The van der Waals surface area contributed by atoms with Gasteiger partial charge >= 0.3 is 0 Å². The first-order valence-electron chi connectivity index (χ1n) is 6.36. The highest BCUT2D eigenvalue weighted by molar-refractivity contribution is 5.35. The molecule has 1 aromatic carbocycles. The van der Waals surface area contributed by atoms with E-state index in [1.165, 1.54) is 11.1 Å². The van der Waals surface area contributed by atoms with Crippen LogP contribution in [0.15, 0.2) is 18.2 Å². The van der Waals surface area contributed by atoms with E-state index in [2.05, 4.69) is 24.0 Å². The maximum Gasteiger partial charge on any atom is 0.119 e. The van der Waals surface area contributed by atoms with Gasteiger partial charge in [-0.2, -0.15) is 0 Å². The Bertz CT molecular complexity index is 378. The van der Waals surface area contributed by atoms with Crippen LogP contribution in [-0.4, -0.2) is 31.1 Å². The second kappa shape index (κ2) is 5.52. The highest BCUT2D eigenvalue weighted by atomic mass is 16.5. The Morgan fingerprint density at radius 1 is 1.41 bits per heavy atom. The lowest BCUT2D eigenvalue weighted by molar-refractivity contribution is 0.325. The van der Waals surface area contributed by atoms with Gasteiger partial charge < -0.3 is 10.5 Å². The van der Waals surface area contributed by atoms with Crippen LogP contribution in [0.1, 0.15) is 24.5 Å². The number of nitrogens with two attached hydrogens (primary N) is 1. The van der Waals surface area contributed by atoms with Crippen LogP contribution < -0.4 is 10.5 Å². The molecular weight excluding hydrogens is 212 g/mol. The quantitative estimate of drug-likeness (QED) is 0.863. The molecule has 1 atom stereocenters. The molecule has 1 heterocycles. The second-order valence-corrected chi connectivity index (χ2v) is 4.77. The van der Waals surface area contributed by atoms with Crippen molar-refractivity contribution in [2.45, 2.75) is 32.4 Å². The molecule has 17 heavy (non-hydrogen) atoms. The molecule has 0 unspecified atom stereocenters. The van der Waals surface area contributed by atoms with Gasteiger partial charge in [0.05, 0.1) is 7.11 Å². The summed E-state index contributed by atoms with van der Waals surface area (Å²) in [5.74, 6) is 0.948. The third-order valence-corrected chi connectivity index (χ3v) is 3.50. The predicted molar refractivity (Wildman–Crippen MR) is 70.2 cm³/mol. The van der Waals surface area contributed by atoms with Gasteiger partial charge in [-0.25, -0.2) is 0 Å². The minimum atomic E-state index is 0.360. The molecule has 0 spiro atoms. The first-order chi connectivity index (χ1) is 8.22. The number of rotatable bonds is 4. The Morgan fingerprint density at radius 3 is 2.82 bits per heavy atom. The lowest BCUT2D eigenvalue weighted by Crippen LogP contribution is -2.26. The van der Waals surface area contributed by atoms with Crippen LogP contribution in [0.5, 0.6) is 5.75 Å². The van der Waals surface area contributed by atoms with Gasteiger partial charge in [0, 0.05) is 25.7 Å². The second-order valence-electron chi connectivity index (χ2n) is 4.77. The molecule has 3 heteroatoms. The molecule has 1 aromatic rings. The number of likely N-dealkylation sites (tertiary alicyclic amines) is 1. The molecular formula is C14H22N2O. The van der Waals surface area contributed by atoms with Crippen LogP contribution in [-0.2, 0) is 13.0 Å². The number of methoxy groups -OCH3 is 1. The SMILES string of the molecule is CCc1cc(OC)ccc1CN1CC[C@H](N)C1. The average molecular weight is 234 g/mol. The van der Waals surface area contributed by atoms with E-state index in [1.54, 1.807) is 7.11 Å². The largest absolute Gasteiger partial charge is 0.497 e. The molecule has 1 saturated heterocycles. The van der Waals surface area contributed by atoms with E-state index in [0.29, 0.717) is 6.04 Å². The monoisotopic (exact) mass is 234 g/mol. The summed E-state index contributed by atoms with van der Waals surface area (Å²) in [6.45, 7) is 5.35. The van der Waals surface area contributed by atoms with Crippen LogP contribution >= 0.6 is 0 Å². The van der Waals surface area contributed by atoms with Gasteiger partial charge in [0.1, 0.15) is 5.75 Å². The Hall–Kier alpha value is -1.06. The summed E-state index contributed by atoms with van der Waals surface area (Å²) in [4.78, 5) is 2.44. The first kappa shape index (κ1) is 12.4. The molecule has 3 nitrogen and oxygen atoms in total. The molecule has 0 amide bonds. The molecule has 0 saturated carbocycles. The number of hydrogen-bond donors (Lipinski definition) is 1. The Labute approximate surface area is 104 Å². The first-order valence-corrected chi connectivity index (χ1v) is 6.36. The van der Waals surface area contributed by atoms with Crippen molar-refractivity contribution in [2.24, 2.45) is 5.73 Å². The number of nitrogens with zero attached hydrogens (tertiary/aromatic N) is 1. The lowest BCUT2D eigenvalue weighted by atomic mass is 10.0. The maximum atomic E-state index is 5.93. The number of hydrogen-bond acceptors (Lipinski definition) is 3. The summed E-state index contributed by atoms with van der Waals surface area (Å²) in [7, 11) is 1.72. The van der Waals surface area contributed by atoms with Crippen molar-refractivity contribution in [3.05, 3.63) is 29.3 Å². The van der Waals surface area contributed by atoms with E-state index in [9.17, 15) is 0 Å². The maximum absolute atomic E-state index is 5.93. The zero-order valence-electron chi connectivity index (χ0n) is 10.8. The topological polar surface area (TPSA) is 38.5 Å². The van der Waals surface area contributed by atoms with Crippen LogP contribution in [0.4, 0.5) is 0 Å². The van der Waals surface area contributed by atoms with Gasteiger partial charge in [-0.15, -0.1) is 0 Å². The zero-order chi connectivity index (χ0) is 12.3. The van der Waals surface area contributed by atoms with Crippen molar-refractivity contribution in [1.29, 1.82) is 0 Å². The summed E-state index contributed by atoms with van der Waals surface area (Å²) in [6.07, 6.45) is 2.17. The van der Waals surface area contributed by atoms with Crippen molar-refractivity contribution in [3.8, 4) is 5.75 Å². The van der Waals surface area contributed by atoms with Gasteiger partial charge in [0.15, 0.2) is 0 Å². The molecule has 1 aliphatic rings. The summed E-state index contributed by atoms with van der Waals surface area (Å²) < 4.78 is 5.27. The van der Waals surface area contributed by atoms with Gasteiger partial charge in [-0.05, 0) is 36.1 Å². The van der Waals surface area contributed by atoms with E-state index in [4.69, 9.17) is 10.5 Å². The number of benzene rings is 1. The van der Waals surface area contributed by atoms with Crippen molar-refractivity contribution < 1.29 is 4.74 Å². The summed E-state index contributed by atoms with van der Waals surface area (Å²) in [6, 6.07) is 6.73. The van der Waals surface area contributed by atoms with E-state index < -0.39 is 0 Å². The van der Waals surface area contributed by atoms with Crippen molar-refractivity contribution in [2.75, 3.05) is 20.2 Å². The highest BCUT2D eigenvalue weighted by Gasteiger charge is 2.19.